The van der Waals surface area contributed by atoms with Crippen molar-refractivity contribution >= 4 is 23.6 Å². The van der Waals surface area contributed by atoms with Gasteiger partial charge in [0.1, 0.15) is 18.5 Å². The van der Waals surface area contributed by atoms with Gasteiger partial charge in [-0.1, -0.05) is 20.8 Å². The van der Waals surface area contributed by atoms with E-state index in [-0.39, 0.29) is 47.6 Å². The molecule has 10 nitrogen and oxygen atoms in total. The number of ether oxygens (including phenoxy) is 2. The first-order chi connectivity index (χ1) is 20.0. The zero-order valence-corrected chi connectivity index (χ0v) is 27.4. The molecule has 4 rings (SSSR count). The van der Waals surface area contributed by atoms with E-state index in [4.69, 9.17) is 20.3 Å². The minimum Gasteiger partial charge on any atom is -1.00 e. The second-order valence-electron chi connectivity index (χ2n) is 13.9. The standard InChI is InChI=1S/C32H43FN4O6.ClH/c1-8-25-30-26(15-32(3,4)16-27(30)39)36(35-25)21-12-20(29(31(34)41)24(33)13-21)9-19-10-22(11-19)43-28(40)14-23(42-18(2)38)17-37(5,6)7;/h12-13,19,22-23H,8-11,14-17H2,1-7H3,(H-,34,41);1H. The van der Waals surface area contributed by atoms with Gasteiger partial charge in [0.25, 0.3) is 5.91 Å². The van der Waals surface area contributed by atoms with E-state index in [1.54, 1.807) is 10.7 Å². The highest BCUT2D eigenvalue weighted by molar-refractivity contribution is 6.00. The van der Waals surface area contributed by atoms with Gasteiger partial charge in [0, 0.05) is 19.4 Å². The maximum absolute atomic E-state index is 15.4. The van der Waals surface area contributed by atoms with Crippen LogP contribution in [0.2, 0.25) is 0 Å². The number of benzene rings is 1. The summed E-state index contributed by atoms with van der Waals surface area (Å²) in [6, 6.07) is 2.99. The smallest absolute Gasteiger partial charge is 0.310 e. The van der Waals surface area contributed by atoms with Crippen molar-refractivity contribution in [3.05, 3.63) is 46.0 Å². The molecule has 1 atom stereocenters. The summed E-state index contributed by atoms with van der Waals surface area (Å²) < 4.78 is 28.6. The molecule has 12 heteroatoms. The fourth-order valence-corrected chi connectivity index (χ4v) is 6.35. The molecule has 44 heavy (non-hydrogen) atoms. The largest absolute Gasteiger partial charge is 1.00 e. The molecule has 0 aliphatic heterocycles. The van der Waals surface area contributed by atoms with Crippen LogP contribution in [0, 0.1) is 17.2 Å². The van der Waals surface area contributed by atoms with E-state index < -0.39 is 29.8 Å². The first-order valence-electron chi connectivity index (χ1n) is 14.9. The molecule has 1 saturated carbocycles. The normalized spacial score (nSPS) is 19.7. The fourth-order valence-electron chi connectivity index (χ4n) is 6.35. The van der Waals surface area contributed by atoms with Gasteiger partial charge >= 0.3 is 11.9 Å². The van der Waals surface area contributed by atoms with E-state index >= 15 is 4.39 Å². The second kappa shape index (κ2) is 13.4. The highest BCUT2D eigenvalue weighted by Crippen LogP contribution is 2.39. The highest BCUT2D eigenvalue weighted by Gasteiger charge is 2.38. The van der Waals surface area contributed by atoms with Crippen molar-refractivity contribution in [3.8, 4) is 5.69 Å². The van der Waals surface area contributed by atoms with Gasteiger partial charge in [0.15, 0.2) is 11.9 Å². The van der Waals surface area contributed by atoms with Crippen molar-refractivity contribution in [2.24, 2.45) is 17.1 Å². The zero-order valence-electron chi connectivity index (χ0n) is 26.7. The van der Waals surface area contributed by atoms with Gasteiger partial charge in [-0.15, -0.1) is 0 Å². The predicted molar refractivity (Wildman–Crippen MR) is 157 cm³/mol. The number of carbonyl (C=O) groups is 4. The van der Waals surface area contributed by atoms with Crippen LogP contribution in [0.5, 0.6) is 0 Å². The maximum Gasteiger partial charge on any atom is 0.310 e. The number of aromatic nitrogens is 2. The Balaban J connectivity index is 0.00000529. The van der Waals surface area contributed by atoms with Crippen LogP contribution in [0.3, 0.4) is 0 Å². The monoisotopic (exact) mass is 634 g/mol. The molecule has 0 bridgehead atoms. The molecular formula is C32H44ClFN4O6. The highest BCUT2D eigenvalue weighted by atomic mass is 35.5. The Bertz CT molecular complexity index is 1440. The molecule has 0 radical (unpaired) electrons. The van der Waals surface area contributed by atoms with Crippen LogP contribution in [0.4, 0.5) is 4.39 Å². The number of fused-ring (bicyclic) bond motifs is 1. The minimum atomic E-state index is -0.858. The Labute approximate surface area is 264 Å². The first-order valence-corrected chi connectivity index (χ1v) is 14.9. The molecule has 2 aliphatic rings. The first kappa shape index (κ1) is 35.2. The molecule has 1 heterocycles. The molecule has 1 fully saturated rings. The van der Waals surface area contributed by atoms with Crippen LogP contribution in [-0.4, -0.2) is 77.8 Å². The number of likely N-dealkylation sites (N-methyl/N-ethyl adjacent to an activating group) is 1. The molecule has 242 valence electrons. The number of hydrogen-bond donors (Lipinski definition) is 1. The molecule has 2 aliphatic carbocycles. The number of carbonyl (C=O) groups excluding carboxylic acids is 4. The predicted octanol–water partition coefficient (Wildman–Crippen LogP) is 0.724. The third kappa shape index (κ3) is 8.24. The molecular weight excluding hydrogens is 591 g/mol. The Morgan fingerprint density at radius 3 is 2.41 bits per heavy atom. The summed E-state index contributed by atoms with van der Waals surface area (Å²) in [5.74, 6) is -2.41. The van der Waals surface area contributed by atoms with Gasteiger partial charge in [-0.05, 0) is 55.1 Å². The average Bonchev–Trinajstić information content (AvgIpc) is 3.18. The molecule has 1 unspecified atom stereocenters. The molecule has 1 aromatic carbocycles. The summed E-state index contributed by atoms with van der Waals surface area (Å²) in [7, 11) is 5.84. The number of aryl methyl sites for hydroxylation is 1. The topological polar surface area (TPSA) is 131 Å². The van der Waals surface area contributed by atoms with Crippen molar-refractivity contribution in [1.82, 2.24) is 9.78 Å². The van der Waals surface area contributed by atoms with E-state index in [1.807, 2.05) is 41.9 Å². The van der Waals surface area contributed by atoms with Crippen molar-refractivity contribution < 1.29 is 49.9 Å². The maximum atomic E-state index is 15.4. The minimum absolute atomic E-state index is 0. The lowest BCUT2D eigenvalue weighted by molar-refractivity contribution is -0.873. The Kier molecular flexibility index (Phi) is 10.7. The summed E-state index contributed by atoms with van der Waals surface area (Å²) >= 11 is 0. The van der Waals surface area contributed by atoms with Gasteiger partial charge in [0.05, 0.1) is 55.8 Å². The molecule has 0 saturated heterocycles. The summed E-state index contributed by atoms with van der Waals surface area (Å²) in [5, 5.41) is 4.70. The molecule has 1 amide bonds. The quantitative estimate of drug-likeness (QED) is 0.285. The lowest BCUT2D eigenvalue weighted by Gasteiger charge is -2.35. The number of ketones is 1. The number of rotatable bonds is 11. The summed E-state index contributed by atoms with van der Waals surface area (Å²) in [4.78, 5) is 49.4. The van der Waals surface area contributed by atoms with Crippen LogP contribution < -0.4 is 18.1 Å². The average molecular weight is 635 g/mol. The lowest BCUT2D eigenvalue weighted by atomic mass is 9.75. The Morgan fingerprint density at radius 2 is 1.84 bits per heavy atom. The number of quaternary nitrogens is 1. The number of esters is 2. The van der Waals surface area contributed by atoms with E-state index in [0.29, 0.717) is 72.1 Å². The number of primary amides is 1. The number of nitrogens with two attached hydrogens (primary N) is 1. The van der Waals surface area contributed by atoms with E-state index in [2.05, 4.69) is 0 Å². The molecule has 1 aromatic heterocycles. The number of halogens is 2. The third-order valence-electron chi connectivity index (χ3n) is 8.08. The second-order valence-corrected chi connectivity index (χ2v) is 13.9. The number of amides is 1. The van der Waals surface area contributed by atoms with Crippen molar-refractivity contribution in [1.29, 1.82) is 0 Å². The van der Waals surface area contributed by atoms with Crippen molar-refractivity contribution in [2.45, 2.75) is 84.8 Å². The van der Waals surface area contributed by atoms with Crippen molar-refractivity contribution in [3.63, 3.8) is 0 Å². The van der Waals surface area contributed by atoms with Gasteiger partial charge in [0.2, 0.25) is 0 Å². The van der Waals surface area contributed by atoms with Crippen LogP contribution >= 0.6 is 0 Å². The number of hydrogen-bond acceptors (Lipinski definition) is 7. The van der Waals surface area contributed by atoms with Gasteiger partial charge in [-0.25, -0.2) is 9.07 Å². The molecule has 0 spiro atoms. The summed E-state index contributed by atoms with van der Waals surface area (Å²) in [6.45, 7) is 7.76. The van der Waals surface area contributed by atoms with Crippen LogP contribution in [0.25, 0.3) is 5.69 Å². The third-order valence-corrected chi connectivity index (χ3v) is 8.08. The lowest BCUT2D eigenvalue weighted by Crippen LogP contribution is -3.00. The van der Waals surface area contributed by atoms with Crippen LogP contribution in [-0.2, 0) is 38.3 Å². The van der Waals surface area contributed by atoms with Crippen LogP contribution in [0.1, 0.15) is 91.0 Å². The number of Topliss-reactive ketones (excluding diaryl/α,β-unsaturated/α-hetero) is 1. The Hall–Kier alpha value is -3.31. The van der Waals surface area contributed by atoms with E-state index in [9.17, 15) is 19.2 Å². The van der Waals surface area contributed by atoms with Crippen LogP contribution in [0.15, 0.2) is 12.1 Å². The zero-order chi connectivity index (χ0) is 31.9. The van der Waals surface area contributed by atoms with Gasteiger partial charge in [-0.3, -0.25) is 19.2 Å². The SMILES string of the molecule is CCc1nn(-c2cc(F)c(C(N)=O)c(CC3CC(OC(=O)CC(C[N+](C)(C)C)OC(C)=O)C3)c2)c2c1C(=O)CC(C)(C)C2.[Cl-]. The Morgan fingerprint density at radius 1 is 1.18 bits per heavy atom. The molecule has 2 N–H and O–H groups in total. The fraction of sp³-hybridized carbons (Fsp3) is 0.594. The van der Waals surface area contributed by atoms with Crippen molar-refractivity contribution in [2.75, 3.05) is 27.7 Å². The molecule has 2 aromatic rings. The number of nitrogens with zero attached hydrogens (tertiary/aromatic N) is 3. The van der Waals surface area contributed by atoms with Gasteiger partial charge < -0.3 is 32.1 Å². The van der Waals surface area contributed by atoms with Gasteiger partial charge in [-0.2, -0.15) is 5.10 Å². The summed E-state index contributed by atoms with van der Waals surface area (Å²) in [6.07, 6.45) is 2.10. The summed E-state index contributed by atoms with van der Waals surface area (Å²) in [5.41, 5.74) is 8.11. The van der Waals surface area contributed by atoms with E-state index in [1.165, 1.54) is 13.0 Å². The van der Waals surface area contributed by atoms with E-state index in [0.717, 1.165) is 5.69 Å².